The molecule has 0 atom stereocenters. The third-order valence-electron chi connectivity index (χ3n) is 3.47. The van der Waals surface area contributed by atoms with Crippen molar-refractivity contribution in [3.63, 3.8) is 0 Å². The molecule has 1 amide bonds. The first-order valence-electron chi connectivity index (χ1n) is 7.24. The number of fused-ring (bicyclic) bond motifs is 1. The molecule has 0 saturated heterocycles. The third kappa shape index (κ3) is 3.38. The molecule has 1 aromatic carbocycles. The van der Waals surface area contributed by atoms with E-state index in [0.717, 1.165) is 5.69 Å². The summed E-state index contributed by atoms with van der Waals surface area (Å²) in [4.78, 5) is 15.5. The number of carbonyl (C=O) groups excluding carboxylic acids is 1. The van der Waals surface area contributed by atoms with E-state index in [1.165, 1.54) is 18.3 Å². The van der Waals surface area contributed by atoms with E-state index in [0.29, 0.717) is 17.8 Å². The van der Waals surface area contributed by atoms with Gasteiger partial charge in [-0.3, -0.25) is 9.52 Å². The lowest BCUT2D eigenvalue weighted by molar-refractivity contribution is -0.115. The fourth-order valence-corrected chi connectivity index (χ4v) is 3.38. The van der Waals surface area contributed by atoms with Crippen LogP contribution in [-0.4, -0.2) is 25.9 Å². The predicted molar refractivity (Wildman–Crippen MR) is 92.5 cm³/mol. The molecule has 24 heavy (non-hydrogen) atoms. The maximum Gasteiger partial charge on any atom is 0.263 e. The zero-order chi connectivity index (χ0) is 17.2. The summed E-state index contributed by atoms with van der Waals surface area (Å²) in [6.45, 7) is 4.20. The maximum atomic E-state index is 12.5. The Bertz CT molecular complexity index is 892. The third-order valence-corrected chi connectivity index (χ3v) is 4.82. The number of anilines is 3. The van der Waals surface area contributed by atoms with Crippen molar-refractivity contribution < 1.29 is 13.2 Å². The Balaban J connectivity index is 1.78. The molecule has 1 aliphatic heterocycles. The Morgan fingerprint density at radius 2 is 2.12 bits per heavy atom. The van der Waals surface area contributed by atoms with E-state index >= 15 is 0 Å². The van der Waals surface area contributed by atoms with Crippen molar-refractivity contribution >= 4 is 33.1 Å². The Morgan fingerprint density at radius 1 is 1.29 bits per heavy atom. The molecule has 0 aliphatic carbocycles. The van der Waals surface area contributed by atoms with Crippen LogP contribution in [0.25, 0.3) is 0 Å². The zero-order valence-corrected chi connectivity index (χ0v) is 13.6. The van der Waals surface area contributed by atoms with Crippen molar-refractivity contribution in [1.82, 2.24) is 4.98 Å². The van der Waals surface area contributed by atoms with Crippen LogP contribution in [0.15, 0.2) is 54.1 Å². The van der Waals surface area contributed by atoms with Crippen LogP contribution in [0.4, 0.5) is 17.2 Å². The molecule has 0 bridgehead atoms. The number of sulfonamides is 1. The molecule has 2 aromatic rings. The van der Waals surface area contributed by atoms with Gasteiger partial charge in [0, 0.05) is 12.2 Å². The van der Waals surface area contributed by atoms with E-state index < -0.39 is 10.0 Å². The van der Waals surface area contributed by atoms with Crippen LogP contribution in [0.5, 0.6) is 0 Å². The van der Waals surface area contributed by atoms with Gasteiger partial charge in [0.25, 0.3) is 10.0 Å². The number of nitrogens with one attached hydrogen (secondary N) is 3. The smallest absolute Gasteiger partial charge is 0.263 e. The van der Waals surface area contributed by atoms with E-state index in [9.17, 15) is 13.2 Å². The molecule has 0 radical (unpaired) electrons. The second-order valence-electron chi connectivity index (χ2n) is 5.25. The fourth-order valence-electron chi connectivity index (χ4n) is 2.32. The topological polar surface area (TPSA) is 100 Å². The molecule has 124 valence electrons. The highest BCUT2D eigenvalue weighted by molar-refractivity contribution is 7.92. The summed E-state index contributed by atoms with van der Waals surface area (Å²) >= 11 is 0. The minimum Gasteiger partial charge on any atom is -0.380 e. The minimum absolute atomic E-state index is 0.0911. The summed E-state index contributed by atoms with van der Waals surface area (Å²) in [6, 6.07) is 7.83. The highest BCUT2D eigenvalue weighted by Crippen LogP contribution is 2.26. The Morgan fingerprint density at radius 3 is 2.83 bits per heavy atom. The van der Waals surface area contributed by atoms with Gasteiger partial charge in [-0.15, -0.1) is 6.58 Å². The Hall–Kier alpha value is -2.87. The number of hydrogen-bond donors (Lipinski definition) is 3. The number of amides is 1. The standard InChI is InChI=1S/C16H16N4O3S/c1-2-7-17-12-3-6-15(18-10-12)20-24(22,23)13-4-5-14-11(8-13)9-16(21)19-14/h2-6,8,10,17H,1,7,9H2,(H,18,20)(H,19,21). The fraction of sp³-hybridized carbons (Fsp3) is 0.125. The zero-order valence-electron chi connectivity index (χ0n) is 12.7. The Kier molecular flexibility index (Phi) is 4.22. The average molecular weight is 344 g/mol. The first-order chi connectivity index (χ1) is 11.5. The molecular weight excluding hydrogens is 328 g/mol. The Labute approximate surface area is 139 Å². The van der Waals surface area contributed by atoms with Crippen LogP contribution in [0.1, 0.15) is 5.56 Å². The van der Waals surface area contributed by atoms with E-state index in [1.54, 1.807) is 24.3 Å². The highest BCUT2D eigenvalue weighted by atomic mass is 32.2. The van der Waals surface area contributed by atoms with Gasteiger partial charge >= 0.3 is 0 Å². The molecule has 3 rings (SSSR count). The van der Waals surface area contributed by atoms with Gasteiger partial charge in [0.2, 0.25) is 5.91 Å². The largest absolute Gasteiger partial charge is 0.380 e. The summed E-state index contributed by atoms with van der Waals surface area (Å²) in [5.41, 5.74) is 2.08. The molecule has 0 fully saturated rings. The predicted octanol–water partition coefficient (Wildman–Crippen LogP) is 1.97. The van der Waals surface area contributed by atoms with Gasteiger partial charge in [0.15, 0.2) is 0 Å². The number of nitrogens with zero attached hydrogens (tertiary/aromatic N) is 1. The molecule has 3 N–H and O–H groups in total. The summed E-state index contributed by atoms with van der Waals surface area (Å²) < 4.78 is 27.3. The minimum atomic E-state index is -3.77. The number of carbonyl (C=O) groups is 1. The van der Waals surface area contributed by atoms with Crippen LogP contribution >= 0.6 is 0 Å². The van der Waals surface area contributed by atoms with Gasteiger partial charge < -0.3 is 10.6 Å². The molecule has 0 unspecified atom stereocenters. The number of rotatable bonds is 6. The van der Waals surface area contributed by atoms with Gasteiger partial charge in [-0.1, -0.05) is 6.08 Å². The van der Waals surface area contributed by atoms with Crippen LogP contribution in [0.3, 0.4) is 0 Å². The normalized spacial score (nSPS) is 13.1. The van der Waals surface area contributed by atoms with E-state index in [1.807, 2.05) is 0 Å². The van der Waals surface area contributed by atoms with Crippen LogP contribution in [-0.2, 0) is 21.2 Å². The molecule has 7 nitrogen and oxygen atoms in total. The molecule has 2 heterocycles. The van der Waals surface area contributed by atoms with E-state index in [4.69, 9.17) is 0 Å². The lowest BCUT2D eigenvalue weighted by atomic mass is 10.2. The van der Waals surface area contributed by atoms with E-state index in [-0.39, 0.29) is 23.0 Å². The first kappa shape index (κ1) is 16.0. The van der Waals surface area contributed by atoms with Crippen molar-refractivity contribution in [2.24, 2.45) is 0 Å². The van der Waals surface area contributed by atoms with Crippen LogP contribution in [0.2, 0.25) is 0 Å². The van der Waals surface area contributed by atoms with Gasteiger partial charge in [-0.2, -0.15) is 0 Å². The molecule has 0 saturated carbocycles. The molecular formula is C16H16N4O3S. The van der Waals surface area contributed by atoms with Crippen molar-refractivity contribution in [3.8, 4) is 0 Å². The quantitative estimate of drug-likeness (QED) is 0.696. The second-order valence-corrected chi connectivity index (χ2v) is 6.93. The number of hydrogen-bond acceptors (Lipinski definition) is 5. The van der Waals surface area contributed by atoms with Crippen LogP contribution < -0.4 is 15.4 Å². The number of aromatic nitrogens is 1. The molecule has 1 aliphatic rings. The van der Waals surface area contributed by atoms with Crippen LogP contribution in [0, 0.1) is 0 Å². The second kappa shape index (κ2) is 6.32. The number of benzene rings is 1. The van der Waals surface area contributed by atoms with E-state index in [2.05, 4.69) is 26.9 Å². The first-order valence-corrected chi connectivity index (χ1v) is 8.73. The summed E-state index contributed by atoms with van der Waals surface area (Å²) in [5, 5.41) is 5.72. The van der Waals surface area contributed by atoms with Crippen molar-refractivity contribution in [2.75, 3.05) is 21.9 Å². The van der Waals surface area contributed by atoms with Crippen molar-refractivity contribution in [1.29, 1.82) is 0 Å². The van der Waals surface area contributed by atoms with Gasteiger partial charge in [-0.25, -0.2) is 13.4 Å². The van der Waals surface area contributed by atoms with Gasteiger partial charge in [-0.05, 0) is 35.9 Å². The average Bonchev–Trinajstić information content (AvgIpc) is 2.93. The molecule has 8 heteroatoms. The van der Waals surface area contributed by atoms with Gasteiger partial charge in [0.05, 0.1) is 23.2 Å². The summed E-state index contributed by atoms with van der Waals surface area (Å²) in [6.07, 6.45) is 3.43. The number of pyridine rings is 1. The lowest BCUT2D eigenvalue weighted by Gasteiger charge is -2.09. The van der Waals surface area contributed by atoms with Gasteiger partial charge in [0.1, 0.15) is 5.82 Å². The lowest BCUT2D eigenvalue weighted by Crippen LogP contribution is -2.14. The van der Waals surface area contributed by atoms with Crippen molar-refractivity contribution in [2.45, 2.75) is 11.3 Å². The van der Waals surface area contributed by atoms with Crippen molar-refractivity contribution in [3.05, 3.63) is 54.7 Å². The molecule has 0 spiro atoms. The monoisotopic (exact) mass is 344 g/mol. The molecule has 1 aromatic heterocycles. The maximum absolute atomic E-state index is 12.5. The summed E-state index contributed by atoms with van der Waals surface area (Å²) in [7, 11) is -3.77. The SMILES string of the molecule is C=CCNc1ccc(NS(=O)(=O)c2ccc3c(c2)CC(=O)N3)nc1. The summed E-state index contributed by atoms with van der Waals surface area (Å²) in [5.74, 6) is 0.0747. The highest BCUT2D eigenvalue weighted by Gasteiger charge is 2.22.